The van der Waals surface area contributed by atoms with Gasteiger partial charge in [-0.05, 0) is 31.7 Å². The van der Waals surface area contributed by atoms with Gasteiger partial charge in [-0.25, -0.2) is 4.79 Å². The molecule has 32 heavy (non-hydrogen) atoms. The summed E-state index contributed by atoms with van der Waals surface area (Å²) in [6.45, 7) is 2.57. The summed E-state index contributed by atoms with van der Waals surface area (Å²) in [5, 5.41) is 16.1. The Morgan fingerprint density at radius 3 is 2.41 bits per heavy atom. The Bertz CT molecular complexity index is 978. The minimum absolute atomic E-state index is 0.0448. The fourth-order valence-corrected chi connectivity index (χ4v) is 5.01. The molecule has 2 fully saturated rings. The van der Waals surface area contributed by atoms with Crippen LogP contribution in [0, 0.1) is 11.3 Å². The second-order valence-electron chi connectivity index (χ2n) is 9.09. The summed E-state index contributed by atoms with van der Waals surface area (Å²) in [6.07, 6.45) is 9.88. The summed E-state index contributed by atoms with van der Waals surface area (Å²) in [6, 6.07) is 10.5. The number of Topliss-reactive ketones (excluding diaryl/α,β-unsaturated/α-hetero) is 1. The number of amides is 2. The van der Waals surface area contributed by atoms with Gasteiger partial charge in [0, 0.05) is 54.4 Å². The predicted octanol–water partition coefficient (Wildman–Crippen LogP) is 3.83. The number of hydrogen-bond acceptors (Lipinski definition) is 4. The van der Waals surface area contributed by atoms with Crippen LogP contribution in [0.5, 0.6) is 0 Å². The second kappa shape index (κ2) is 10.6. The molecule has 0 bridgehead atoms. The van der Waals surface area contributed by atoms with Gasteiger partial charge < -0.3 is 15.2 Å². The lowest BCUT2D eigenvalue weighted by atomic mass is 9.96. The van der Waals surface area contributed by atoms with E-state index in [0.717, 1.165) is 55.2 Å². The van der Waals surface area contributed by atoms with Gasteiger partial charge in [0.25, 0.3) is 0 Å². The highest BCUT2D eigenvalue weighted by molar-refractivity contribution is 6.09. The van der Waals surface area contributed by atoms with E-state index in [0.29, 0.717) is 25.6 Å². The zero-order chi connectivity index (χ0) is 22.3. The summed E-state index contributed by atoms with van der Waals surface area (Å²) in [7, 11) is 0. The average molecular weight is 436 g/mol. The molecule has 2 aromatic rings. The number of para-hydroxylation sites is 1. The van der Waals surface area contributed by atoms with Crippen LogP contribution in [0.3, 0.4) is 0 Å². The second-order valence-corrected chi connectivity index (χ2v) is 9.09. The standard InChI is InChI=1S/C25H33N5O2/c26-13-6-14-30-17-22(21-9-4-5-10-23(21)30)24(31)18-29-15-11-20(12-16-29)28-25(32)27-19-7-2-1-3-8-19/h4-5,9-10,17,19-20H,1-3,6-8,11-12,14-16,18H2,(H2,27,28,32). The number of aromatic nitrogens is 1. The first kappa shape index (κ1) is 22.3. The highest BCUT2D eigenvalue weighted by atomic mass is 16.2. The first-order chi connectivity index (χ1) is 15.6. The maximum atomic E-state index is 13.1. The lowest BCUT2D eigenvalue weighted by molar-refractivity contribution is 0.0906. The number of piperidine rings is 1. The predicted molar refractivity (Wildman–Crippen MR) is 125 cm³/mol. The van der Waals surface area contributed by atoms with Crippen molar-refractivity contribution in [3.8, 4) is 6.07 Å². The smallest absolute Gasteiger partial charge is 0.315 e. The molecular formula is C25H33N5O2. The number of nitrogens with zero attached hydrogens (tertiary/aromatic N) is 3. The molecule has 4 rings (SSSR count). The minimum Gasteiger partial charge on any atom is -0.346 e. The van der Waals surface area contributed by atoms with Gasteiger partial charge in [0.15, 0.2) is 5.78 Å². The number of urea groups is 1. The third-order valence-electron chi connectivity index (χ3n) is 6.78. The van der Waals surface area contributed by atoms with Crippen molar-refractivity contribution in [2.45, 2.75) is 70.0 Å². The number of nitriles is 1. The number of rotatable bonds is 7. The van der Waals surface area contributed by atoms with Gasteiger partial charge in [0.05, 0.1) is 19.0 Å². The maximum absolute atomic E-state index is 13.1. The number of nitrogens with one attached hydrogen (secondary N) is 2. The Hall–Kier alpha value is -2.85. The molecule has 7 nitrogen and oxygen atoms in total. The lowest BCUT2D eigenvalue weighted by Crippen LogP contribution is -2.50. The van der Waals surface area contributed by atoms with Gasteiger partial charge in [-0.3, -0.25) is 9.69 Å². The molecule has 2 heterocycles. The van der Waals surface area contributed by atoms with E-state index in [1.165, 1.54) is 19.3 Å². The Labute approximate surface area is 189 Å². The Morgan fingerprint density at radius 2 is 1.69 bits per heavy atom. The van der Waals surface area contributed by atoms with Crippen LogP contribution in [-0.4, -0.2) is 53.0 Å². The number of carbonyl (C=O) groups excluding carboxylic acids is 2. The van der Waals surface area contributed by atoms with Gasteiger partial charge in [-0.1, -0.05) is 37.5 Å². The molecule has 1 aromatic heterocycles. The SMILES string of the molecule is N#CCCn1cc(C(=O)CN2CCC(NC(=O)NC3CCCCC3)CC2)c2ccccc21. The molecule has 0 unspecified atom stereocenters. The maximum Gasteiger partial charge on any atom is 0.315 e. The normalized spacial score (nSPS) is 18.3. The minimum atomic E-state index is -0.0448. The molecule has 7 heteroatoms. The van der Waals surface area contributed by atoms with Crippen molar-refractivity contribution in [2.24, 2.45) is 0 Å². The van der Waals surface area contributed by atoms with Crippen molar-refractivity contribution < 1.29 is 9.59 Å². The van der Waals surface area contributed by atoms with E-state index in [4.69, 9.17) is 5.26 Å². The van der Waals surface area contributed by atoms with Crippen LogP contribution in [0.4, 0.5) is 4.79 Å². The molecule has 0 spiro atoms. The highest BCUT2D eigenvalue weighted by Crippen LogP contribution is 2.23. The van der Waals surface area contributed by atoms with Crippen LogP contribution >= 0.6 is 0 Å². The topological polar surface area (TPSA) is 90.2 Å². The molecule has 1 aliphatic heterocycles. The molecule has 2 amide bonds. The van der Waals surface area contributed by atoms with Crippen molar-refractivity contribution in [2.75, 3.05) is 19.6 Å². The van der Waals surface area contributed by atoms with Gasteiger partial charge in [-0.15, -0.1) is 0 Å². The summed E-state index contributed by atoms with van der Waals surface area (Å²) < 4.78 is 2.01. The van der Waals surface area contributed by atoms with Crippen molar-refractivity contribution >= 4 is 22.7 Å². The summed E-state index contributed by atoms with van der Waals surface area (Å²) in [5.41, 5.74) is 1.73. The van der Waals surface area contributed by atoms with E-state index in [1.54, 1.807) is 0 Å². The monoisotopic (exact) mass is 435 g/mol. The van der Waals surface area contributed by atoms with Crippen LogP contribution < -0.4 is 10.6 Å². The zero-order valence-electron chi connectivity index (χ0n) is 18.7. The number of fused-ring (bicyclic) bond motifs is 1. The molecule has 2 N–H and O–H groups in total. The molecule has 0 atom stereocenters. The highest BCUT2D eigenvalue weighted by Gasteiger charge is 2.25. The molecule has 1 saturated heterocycles. The molecule has 1 saturated carbocycles. The molecule has 170 valence electrons. The van der Waals surface area contributed by atoms with Crippen LogP contribution in [0.1, 0.15) is 61.7 Å². The van der Waals surface area contributed by atoms with Crippen LogP contribution in [0.25, 0.3) is 10.9 Å². The molecule has 1 aromatic carbocycles. The van der Waals surface area contributed by atoms with E-state index in [1.807, 2.05) is 35.0 Å². The van der Waals surface area contributed by atoms with E-state index >= 15 is 0 Å². The fraction of sp³-hybridized carbons (Fsp3) is 0.560. The van der Waals surface area contributed by atoms with E-state index in [2.05, 4.69) is 21.6 Å². The van der Waals surface area contributed by atoms with Gasteiger partial charge in [0.2, 0.25) is 0 Å². The van der Waals surface area contributed by atoms with Crippen LogP contribution in [0.15, 0.2) is 30.5 Å². The van der Waals surface area contributed by atoms with Crippen LogP contribution in [0.2, 0.25) is 0 Å². The van der Waals surface area contributed by atoms with Crippen molar-refractivity contribution in [1.29, 1.82) is 5.26 Å². The number of aryl methyl sites for hydroxylation is 1. The summed E-state index contributed by atoms with van der Waals surface area (Å²) >= 11 is 0. The van der Waals surface area contributed by atoms with Crippen molar-refractivity contribution in [3.05, 3.63) is 36.0 Å². The summed E-state index contributed by atoms with van der Waals surface area (Å²) in [4.78, 5) is 27.6. The Kier molecular flexibility index (Phi) is 7.43. The Balaban J connectivity index is 1.28. The third-order valence-corrected chi connectivity index (χ3v) is 6.78. The Morgan fingerprint density at radius 1 is 1.00 bits per heavy atom. The number of benzene rings is 1. The van der Waals surface area contributed by atoms with Crippen LogP contribution in [-0.2, 0) is 6.54 Å². The van der Waals surface area contributed by atoms with Gasteiger partial charge >= 0.3 is 6.03 Å². The number of likely N-dealkylation sites (tertiary alicyclic amines) is 1. The lowest BCUT2D eigenvalue weighted by Gasteiger charge is -2.32. The zero-order valence-corrected chi connectivity index (χ0v) is 18.7. The van der Waals surface area contributed by atoms with E-state index in [9.17, 15) is 9.59 Å². The fourth-order valence-electron chi connectivity index (χ4n) is 5.01. The number of hydrogen-bond donors (Lipinski definition) is 2. The van der Waals surface area contributed by atoms with E-state index < -0.39 is 0 Å². The van der Waals surface area contributed by atoms with E-state index in [-0.39, 0.29) is 17.9 Å². The average Bonchev–Trinajstić information content (AvgIpc) is 3.18. The molecule has 1 aliphatic carbocycles. The summed E-state index contributed by atoms with van der Waals surface area (Å²) in [5.74, 6) is 0.110. The van der Waals surface area contributed by atoms with Crippen molar-refractivity contribution in [1.82, 2.24) is 20.1 Å². The molecule has 0 radical (unpaired) electrons. The van der Waals surface area contributed by atoms with Gasteiger partial charge in [0.1, 0.15) is 0 Å². The quantitative estimate of drug-likeness (QED) is 0.647. The first-order valence-electron chi connectivity index (χ1n) is 11.9. The third kappa shape index (κ3) is 5.49. The largest absolute Gasteiger partial charge is 0.346 e. The molecule has 2 aliphatic rings. The van der Waals surface area contributed by atoms with Crippen molar-refractivity contribution in [3.63, 3.8) is 0 Å². The first-order valence-corrected chi connectivity index (χ1v) is 11.9. The molecular weight excluding hydrogens is 402 g/mol. The number of carbonyl (C=O) groups is 2. The van der Waals surface area contributed by atoms with Gasteiger partial charge in [-0.2, -0.15) is 5.26 Å². The number of ketones is 1.